The summed E-state index contributed by atoms with van der Waals surface area (Å²) in [5.74, 6) is 0. The van der Waals surface area contributed by atoms with Crippen molar-refractivity contribution >= 4 is 0 Å². The largest absolute Gasteiger partial charge is 0.390 e. The molecule has 2 rings (SSSR count). The molecule has 2 aromatic rings. The zero-order valence-corrected chi connectivity index (χ0v) is 11.1. The van der Waals surface area contributed by atoms with Crippen molar-refractivity contribution in [2.75, 3.05) is 0 Å². The van der Waals surface area contributed by atoms with Crippen molar-refractivity contribution < 1.29 is 5.11 Å². The van der Waals surface area contributed by atoms with Gasteiger partial charge < -0.3 is 9.67 Å². The summed E-state index contributed by atoms with van der Waals surface area (Å²) in [6.07, 6.45) is 1.99. The maximum atomic E-state index is 9.42. The van der Waals surface area contributed by atoms with E-state index in [9.17, 15) is 5.11 Å². The van der Waals surface area contributed by atoms with Gasteiger partial charge in [0, 0.05) is 23.9 Å². The number of aromatic nitrogens is 1. The van der Waals surface area contributed by atoms with Gasteiger partial charge in [0.15, 0.2) is 0 Å². The van der Waals surface area contributed by atoms with Crippen LogP contribution in [0.25, 0.3) is 0 Å². The molecule has 0 aliphatic rings. The van der Waals surface area contributed by atoms with E-state index in [4.69, 9.17) is 0 Å². The quantitative estimate of drug-likeness (QED) is 0.853. The van der Waals surface area contributed by atoms with E-state index < -0.39 is 0 Å². The van der Waals surface area contributed by atoms with Crippen molar-refractivity contribution in [1.29, 1.82) is 0 Å². The van der Waals surface area contributed by atoms with Gasteiger partial charge in [0.1, 0.15) is 0 Å². The molecule has 96 valence electrons. The van der Waals surface area contributed by atoms with Crippen molar-refractivity contribution in [3.63, 3.8) is 0 Å². The van der Waals surface area contributed by atoms with Gasteiger partial charge in [-0.05, 0) is 31.0 Å². The molecule has 0 amide bonds. The molecule has 1 atom stereocenters. The summed E-state index contributed by atoms with van der Waals surface area (Å²) in [6, 6.07) is 15.1. The van der Waals surface area contributed by atoms with E-state index >= 15 is 0 Å². The van der Waals surface area contributed by atoms with Crippen LogP contribution in [0.2, 0.25) is 0 Å². The molecule has 0 aliphatic heterocycles. The molecule has 1 aromatic heterocycles. The number of hydrogen-bond acceptors (Lipinski definition) is 1. The first-order chi connectivity index (χ1) is 8.76. The van der Waals surface area contributed by atoms with Crippen LogP contribution in [0.5, 0.6) is 0 Å². The molecule has 0 fully saturated rings. The van der Waals surface area contributed by atoms with Crippen LogP contribution in [0.15, 0.2) is 42.5 Å². The summed E-state index contributed by atoms with van der Waals surface area (Å²) < 4.78 is 2.27. The zero-order valence-electron chi connectivity index (χ0n) is 11.1. The van der Waals surface area contributed by atoms with E-state index in [1.807, 2.05) is 12.1 Å². The number of aliphatic hydroxyl groups is 1. The molecule has 1 heterocycles. The minimum atomic E-state index is 0.110. The summed E-state index contributed by atoms with van der Waals surface area (Å²) in [4.78, 5) is 0. The molecule has 1 N–H and O–H groups in total. The Hall–Kier alpha value is -1.54. The second-order valence-corrected chi connectivity index (χ2v) is 4.76. The van der Waals surface area contributed by atoms with Gasteiger partial charge >= 0.3 is 0 Å². The predicted molar refractivity (Wildman–Crippen MR) is 74.6 cm³/mol. The fourth-order valence-corrected chi connectivity index (χ4v) is 2.36. The van der Waals surface area contributed by atoms with Gasteiger partial charge in [0.05, 0.1) is 6.61 Å². The number of aliphatic hydroxyl groups excluding tert-OH is 1. The Balaban J connectivity index is 2.30. The lowest BCUT2D eigenvalue weighted by Gasteiger charge is -2.19. The van der Waals surface area contributed by atoms with E-state index in [1.165, 1.54) is 11.3 Å². The van der Waals surface area contributed by atoms with E-state index in [1.54, 1.807) is 0 Å². The predicted octanol–water partition coefficient (Wildman–Crippen LogP) is 3.54. The van der Waals surface area contributed by atoms with Crippen molar-refractivity contribution in [3.05, 3.63) is 59.4 Å². The Morgan fingerprint density at radius 1 is 1.06 bits per heavy atom. The van der Waals surface area contributed by atoms with Crippen molar-refractivity contribution in [2.45, 2.75) is 39.3 Å². The third-order valence-corrected chi connectivity index (χ3v) is 3.51. The number of rotatable bonds is 5. The first-order valence-electron chi connectivity index (χ1n) is 6.60. The standard InChI is InChI=1S/C16H21NO/c1-3-13(2)17-15(9-10-16(17)12-18)11-14-7-5-4-6-8-14/h4-10,13,18H,3,11-12H2,1-2H3/t13-/m1/s1. The van der Waals surface area contributed by atoms with Gasteiger partial charge in [0.2, 0.25) is 0 Å². The minimum Gasteiger partial charge on any atom is -0.390 e. The Bertz CT molecular complexity index is 487. The average Bonchev–Trinajstić information content (AvgIpc) is 2.82. The maximum Gasteiger partial charge on any atom is 0.0833 e. The molecule has 0 aliphatic carbocycles. The smallest absolute Gasteiger partial charge is 0.0833 e. The average molecular weight is 243 g/mol. The highest BCUT2D eigenvalue weighted by Crippen LogP contribution is 2.21. The van der Waals surface area contributed by atoms with Gasteiger partial charge in [-0.25, -0.2) is 0 Å². The van der Waals surface area contributed by atoms with Gasteiger partial charge in [-0.3, -0.25) is 0 Å². The normalized spacial score (nSPS) is 12.6. The number of hydrogen-bond donors (Lipinski definition) is 1. The van der Waals surface area contributed by atoms with Crippen molar-refractivity contribution in [1.82, 2.24) is 4.57 Å². The molecular weight excluding hydrogens is 222 g/mol. The Labute approximate surface area is 109 Å². The fraction of sp³-hybridized carbons (Fsp3) is 0.375. The molecule has 1 aromatic carbocycles. The van der Waals surface area contributed by atoms with Crippen LogP contribution in [-0.2, 0) is 13.0 Å². The first-order valence-corrected chi connectivity index (χ1v) is 6.60. The van der Waals surface area contributed by atoms with Gasteiger partial charge in [-0.15, -0.1) is 0 Å². The Morgan fingerprint density at radius 2 is 1.72 bits per heavy atom. The second-order valence-electron chi connectivity index (χ2n) is 4.76. The fourth-order valence-electron chi connectivity index (χ4n) is 2.36. The summed E-state index contributed by atoms with van der Waals surface area (Å²) >= 11 is 0. The summed E-state index contributed by atoms with van der Waals surface area (Å²) in [7, 11) is 0. The molecule has 2 nitrogen and oxygen atoms in total. The molecular formula is C16H21NO. The molecule has 0 saturated carbocycles. The highest BCUT2D eigenvalue weighted by molar-refractivity contribution is 5.25. The first kappa shape index (κ1) is 12.9. The Morgan fingerprint density at radius 3 is 2.33 bits per heavy atom. The van der Waals surface area contributed by atoms with Crippen LogP contribution < -0.4 is 0 Å². The molecule has 18 heavy (non-hydrogen) atoms. The Kier molecular flexibility index (Phi) is 4.21. The molecule has 0 unspecified atom stereocenters. The molecule has 0 bridgehead atoms. The topological polar surface area (TPSA) is 25.2 Å². The van der Waals surface area contributed by atoms with Crippen molar-refractivity contribution in [2.24, 2.45) is 0 Å². The lowest BCUT2D eigenvalue weighted by atomic mass is 10.1. The van der Waals surface area contributed by atoms with Gasteiger partial charge in [0.25, 0.3) is 0 Å². The number of nitrogens with zero attached hydrogens (tertiary/aromatic N) is 1. The van der Waals surface area contributed by atoms with Crippen molar-refractivity contribution in [3.8, 4) is 0 Å². The van der Waals surface area contributed by atoms with Crippen LogP contribution in [-0.4, -0.2) is 9.67 Å². The van der Waals surface area contributed by atoms with Crippen LogP contribution in [0.3, 0.4) is 0 Å². The van der Waals surface area contributed by atoms with E-state index in [0.717, 1.165) is 18.5 Å². The highest BCUT2D eigenvalue weighted by atomic mass is 16.3. The van der Waals surface area contributed by atoms with Crippen LogP contribution in [0.4, 0.5) is 0 Å². The third kappa shape index (κ3) is 2.65. The number of benzene rings is 1. The minimum absolute atomic E-state index is 0.110. The van der Waals surface area contributed by atoms with Gasteiger partial charge in [-0.1, -0.05) is 37.3 Å². The monoisotopic (exact) mass is 243 g/mol. The molecule has 0 saturated heterocycles. The van der Waals surface area contributed by atoms with Crippen LogP contribution in [0.1, 0.15) is 43.3 Å². The lowest BCUT2D eigenvalue weighted by molar-refractivity contribution is 0.265. The summed E-state index contributed by atoms with van der Waals surface area (Å²) in [5, 5.41) is 9.42. The SMILES string of the molecule is CC[C@@H](C)n1c(CO)ccc1Cc1ccccc1. The van der Waals surface area contributed by atoms with Crippen LogP contribution >= 0.6 is 0 Å². The lowest BCUT2D eigenvalue weighted by Crippen LogP contribution is -2.11. The zero-order chi connectivity index (χ0) is 13.0. The van der Waals surface area contributed by atoms with E-state index in [2.05, 4.69) is 48.7 Å². The second kappa shape index (κ2) is 5.87. The molecule has 0 spiro atoms. The van der Waals surface area contributed by atoms with E-state index in [0.29, 0.717) is 6.04 Å². The molecule has 0 radical (unpaired) electrons. The maximum absolute atomic E-state index is 9.42. The summed E-state index contributed by atoms with van der Waals surface area (Å²) in [5.41, 5.74) is 3.60. The highest BCUT2D eigenvalue weighted by Gasteiger charge is 2.12. The van der Waals surface area contributed by atoms with Crippen LogP contribution in [0, 0.1) is 0 Å². The van der Waals surface area contributed by atoms with Gasteiger partial charge in [-0.2, -0.15) is 0 Å². The molecule has 2 heteroatoms. The third-order valence-electron chi connectivity index (χ3n) is 3.51. The van der Waals surface area contributed by atoms with E-state index in [-0.39, 0.29) is 6.61 Å². The summed E-state index contributed by atoms with van der Waals surface area (Å²) in [6.45, 7) is 4.49.